The van der Waals surface area contributed by atoms with Crippen LogP contribution in [-0.2, 0) is 0 Å². The van der Waals surface area contributed by atoms with Crippen molar-refractivity contribution in [1.29, 1.82) is 0 Å². The maximum Gasteiger partial charge on any atom is 0.351 e. The third kappa shape index (κ3) is 1.93. The molecule has 2 bridgehead atoms. The SMILES string of the molecule is ClC1=C2C=CC(=C1c1ccccc1)[Si]2(Cl)[Si](Cl)(Cl)Cl. The molecule has 2 heterocycles. The summed E-state index contributed by atoms with van der Waals surface area (Å²) in [5.41, 5.74) is -1.12. The fraction of sp³-hybridized carbons (Fsp3) is 0. The Bertz CT molecular complexity index is 642. The van der Waals surface area contributed by atoms with Gasteiger partial charge in [0.1, 0.15) is 0 Å². The van der Waals surface area contributed by atoms with E-state index in [1.54, 1.807) is 0 Å². The maximum atomic E-state index is 6.79. The molecule has 1 atom stereocenters. The van der Waals surface area contributed by atoms with Gasteiger partial charge in [-0.25, -0.2) is 0 Å². The molecular formula is C12H7Cl5Si2. The zero-order chi connectivity index (χ0) is 13.8. The Hall–Kier alpha value is 0.324. The Morgan fingerprint density at radius 3 is 2.00 bits per heavy atom. The van der Waals surface area contributed by atoms with Crippen LogP contribution in [0.1, 0.15) is 5.56 Å². The van der Waals surface area contributed by atoms with E-state index in [0.717, 1.165) is 21.5 Å². The molecule has 2 aliphatic heterocycles. The predicted octanol–water partition coefficient (Wildman–Crippen LogP) is 5.51. The van der Waals surface area contributed by atoms with E-state index >= 15 is 0 Å². The molecule has 0 fully saturated rings. The van der Waals surface area contributed by atoms with E-state index in [2.05, 4.69) is 0 Å². The molecular weight excluding hydrogens is 378 g/mol. The molecule has 98 valence electrons. The average molecular weight is 385 g/mol. The lowest BCUT2D eigenvalue weighted by Crippen LogP contribution is -2.48. The van der Waals surface area contributed by atoms with Crippen LogP contribution in [0.25, 0.3) is 5.57 Å². The van der Waals surface area contributed by atoms with E-state index in [1.807, 2.05) is 42.5 Å². The number of allylic oxidation sites excluding steroid dienone is 6. The van der Waals surface area contributed by atoms with Gasteiger partial charge in [-0.2, -0.15) is 11.1 Å². The highest BCUT2D eigenvalue weighted by Crippen LogP contribution is 2.57. The molecule has 0 saturated heterocycles. The van der Waals surface area contributed by atoms with Gasteiger partial charge >= 0.3 is 5.52 Å². The van der Waals surface area contributed by atoms with Crippen molar-refractivity contribution in [2.75, 3.05) is 0 Å². The van der Waals surface area contributed by atoms with E-state index in [-0.39, 0.29) is 0 Å². The van der Waals surface area contributed by atoms with Crippen molar-refractivity contribution in [3.8, 4) is 0 Å². The van der Waals surface area contributed by atoms with Gasteiger partial charge in [0.05, 0.1) is 0 Å². The number of halogens is 5. The minimum absolute atomic E-state index is 0.643. The number of hydrogen-bond donors (Lipinski definition) is 0. The molecule has 19 heavy (non-hydrogen) atoms. The van der Waals surface area contributed by atoms with Crippen LogP contribution >= 0.6 is 55.9 Å². The average Bonchev–Trinajstić information content (AvgIpc) is 2.80. The molecule has 3 rings (SSSR count). The summed E-state index contributed by atoms with van der Waals surface area (Å²) in [5, 5.41) is 2.42. The lowest BCUT2D eigenvalue weighted by atomic mass is 10.0. The Morgan fingerprint density at radius 2 is 1.47 bits per heavy atom. The molecule has 0 saturated carbocycles. The molecule has 0 radical (unpaired) electrons. The second-order valence-electron chi connectivity index (χ2n) is 4.37. The summed E-state index contributed by atoms with van der Waals surface area (Å²) in [6.45, 7) is -2.77. The quantitative estimate of drug-likeness (QED) is 0.466. The normalized spacial score (nSPS) is 25.7. The molecule has 0 aliphatic carbocycles. The zero-order valence-corrected chi connectivity index (χ0v) is 15.2. The van der Waals surface area contributed by atoms with E-state index in [4.69, 9.17) is 55.9 Å². The Kier molecular flexibility index (Phi) is 3.51. The molecule has 0 amide bonds. The lowest BCUT2D eigenvalue weighted by molar-refractivity contribution is 1.59. The third-order valence-electron chi connectivity index (χ3n) is 3.34. The molecule has 7 heteroatoms. The van der Waals surface area contributed by atoms with Gasteiger partial charge in [-0.05, 0) is 16.0 Å². The van der Waals surface area contributed by atoms with Crippen LogP contribution in [0.3, 0.4) is 0 Å². The van der Waals surface area contributed by atoms with Crippen LogP contribution < -0.4 is 0 Å². The van der Waals surface area contributed by atoms with E-state index in [0.29, 0.717) is 5.03 Å². The zero-order valence-electron chi connectivity index (χ0n) is 9.43. The Morgan fingerprint density at radius 1 is 0.895 bits per heavy atom. The van der Waals surface area contributed by atoms with Crippen molar-refractivity contribution in [1.82, 2.24) is 0 Å². The Labute approximate surface area is 136 Å². The Balaban J connectivity index is 2.26. The summed E-state index contributed by atoms with van der Waals surface area (Å²) < 4.78 is 0. The minimum Gasteiger partial charge on any atom is -0.154 e. The first kappa shape index (κ1) is 14.3. The van der Waals surface area contributed by atoms with Crippen LogP contribution in [0, 0.1) is 0 Å². The molecule has 1 unspecified atom stereocenters. The van der Waals surface area contributed by atoms with Gasteiger partial charge in [-0.15, -0.1) is 33.2 Å². The fourth-order valence-corrected chi connectivity index (χ4v) is 15.7. The molecule has 0 N–H and O–H groups in total. The summed E-state index contributed by atoms with van der Waals surface area (Å²) in [6, 6.07) is 9.85. The van der Waals surface area contributed by atoms with Gasteiger partial charge in [0, 0.05) is 10.6 Å². The van der Waals surface area contributed by atoms with Crippen molar-refractivity contribution in [3.63, 3.8) is 0 Å². The van der Waals surface area contributed by atoms with E-state index in [9.17, 15) is 0 Å². The summed E-state index contributed by atoms with van der Waals surface area (Å²) in [5.74, 6) is 0. The highest BCUT2D eigenvalue weighted by molar-refractivity contribution is 7.98. The maximum absolute atomic E-state index is 6.79. The molecule has 1 aromatic carbocycles. The van der Waals surface area contributed by atoms with Gasteiger partial charge < -0.3 is 0 Å². The van der Waals surface area contributed by atoms with E-state index in [1.165, 1.54) is 0 Å². The number of hydrogen-bond acceptors (Lipinski definition) is 0. The van der Waals surface area contributed by atoms with Gasteiger partial charge in [0.15, 0.2) is 0 Å². The summed E-state index contributed by atoms with van der Waals surface area (Å²) >= 11 is 32.0. The van der Waals surface area contributed by atoms with Crippen LogP contribution in [0.4, 0.5) is 0 Å². The largest absolute Gasteiger partial charge is 0.351 e. The molecule has 2 aliphatic rings. The standard InChI is InChI=1S/C12H7Cl5Si2/c13-12-10-7-6-9(18(10,14)19(15,16)17)11(12)8-4-2-1-3-5-8/h1-7H. The lowest BCUT2D eigenvalue weighted by Gasteiger charge is -2.25. The first-order chi connectivity index (χ1) is 8.87. The van der Waals surface area contributed by atoms with Crippen molar-refractivity contribution in [3.05, 3.63) is 63.5 Å². The molecule has 0 spiro atoms. The van der Waals surface area contributed by atoms with Crippen molar-refractivity contribution >= 4 is 73.9 Å². The van der Waals surface area contributed by atoms with Gasteiger partial charge in [-0.1, -0.05) is 54.1 Å². The number of benzene rings is 1. The second kappa shape index (κ2) is 4.67. The fourth-order valence-electron chi connectivity index (χ4n) is 2.47. The van der Waals surface area contributed by atoms with Gasteiger partial charge in [-0.3, -0.25) is 0 Å². The highest BCUT2D eigenvalue weighted by Gasteiger charge is 2.63. The van der Waals surface area contributed by atoms with Crippen molar-refractivity contribution < 1.29 is 0 Å². The number of fused-ring (bicyclic) bond motifs is 2. The van der Waals surface area contributed by atoms with Gasteiger partial charge in [0.2, 0.25) is 0 Å². The summed E-state index contributed by atoms with van der Waals surface area (Å²) in [7, 11) is 0. The smallest absolute Gasteiger partial charge is 0.154 e. The minimum atomic E-state index is -3.07. The first-order valence-electron chi connectivity index (χ1n) is 5.52. The van der Waals surface area contributed by atoms with Crippen LogP contribution in [0.2, 0.25) is 0 Å². The topological polar surface area (TPSA) is 0 Å². The van der Waals surface area contributed by atoms with E-state index < -0.39 is 12.4 Å². The highest BCUT2D eigenvalue weighted by atomic mass is 35.9. The monoisotopic (exact) mass is 382 g/mol. The number of rotatable bonds is 2. The summed E-state index contributed by atoms with van der Waals surface area (Å²) in [6.07, 6.45) is 3.86. The molecule has 0 nitrogen and oxygen atoms in total. The summed E-state index contributed by atoms with van der Waals surface area (Å²) in [4.78, 5) is 0. The predicted molar refractivity (Wildman–Crippen MR) is 90.3 cm³/mol. The van der Waals surface area contributed by atoms with Crippen LogP contribution in [0.15, 0.2) is 57.9 Å². The van der Waals surface area contributed by atoms with Gasteiger partial charge in [0.25, 0.3) is 6.90 Å². The molecule has 0 aromatic heterocycles. The van der Waals surface area contributed by atoms with Crippen LogP contribution in [0.5, 0.6) is 0 Å². The van der Waals surface area contributed by atoms with Crippen molar-refractivity contribution in [2.45, 2.75) is 0 Å². The van der Waals surface area contributed by atoms with Crippen molar-refractivity contribution in [2.24, 2.45) is 0 Å². The molecule has 1 aromatic rings. The third-order valence-corrected chi connectivity index (χ3v) is 25.0. The van der Waals surface area contributed by atoms with Crippen LogP contribution in [-0.4, -0.2) is 12.4 Å². The first-order valence-corrected chi connectivity index (χ1v) is 14.9. The second-order valence-corrected chi connectivity index (χ2v) is 25.0.